The number of hydrazone groups is 1. The molecule has 1 amide bonds. The first-order chi connectivity index (χ1) is 8.87. The smallest absolute Gasteiger partial charge is 0.295 e. The summed E-state index contributed by atoms with van der Waals surface area (Å²) in [5, 5.41) is 3.95. The van der Waals surface area contributed by atoms with E-state index in [9.17, 15) is 4.79 Å². The minimum Gasteiger partial charge on any atom is -0.323 e. The van der Waals surface area contributed by atoms with Crippen LogP contribution in [-0.2, 0) is 4.79 Å². The van der Waals surface area contributed by atoms with Crippen LogP contribution in [0.3, 0.4) is 0 Å². The van der Waals surface area contributed by atoms with Gasteiger partial charge in [-0.3, -0.25) is 4.79 Å². The number of hydrogen-bond acceptors (Lipinski definition) is 2. The van der Waals surface area contributed by atoms with Crippen LogP contribution in [0.1, 0.15) is 12.5 Å². The van der Waals surface area contributed by atoms with Gasteiger partial charge in [0.1, 0.15) is 0 Å². The van der Waals surface area contributed by atoms with Crippen LogP contribution in [0.25, 0.3) is 6.08 Å². The second kappa shape index (κ2) is 6.85. The lowest BCUT2D eigenvalue weighted by molar-refractivity contribution is -0.862. The zero-order valence-corrected chi connectivity index (χ0v) is 12.1. The van der Waals surface area contributed by atoms with Gasteiger partial charge in [-0.05, 0) is 18.1 Å². The average molecular weight is 260 g/mol. The van der Waals surface area contributed by atoms with Crippen LogP contribution in [0.2, 0.25) is 0 Å². The minimum absolute atomic E-state index is 0.0868. The molecule has 19 heavy (non-hydrogen) atoms. The van der Waals surface area contributed by atoms with E-state index >= 15 is 0 Å². The van der Waals surface area contributed by atoms with Crippen molar-refractivity contribution in [3.63, 3.8) is 0 Å². The van der Waals surface area contributed by atoms with E-state index in [1.807, 2.05) is 64.5 Å². The van der Waals surface area contributed by atoms with Crippen molar-refractivity contribution in [3.8, 4) is 0 Å². The Morgan fingerprint density at radius 2 is 1.89 bits per heavy atom. The van der Waals surface area contributed by atoms with Gasteiger partial charge in [-0.25, -0.2) is 5.43 Å². The molecule has 0 heterocycles. The summed E-state index contributed by atoms with van der Waals surface area (Å²) in [5.74, 6) is -0.0868. The van der Waals surface area contributed by atoms with Crippen molar-refractivity contribution < 1.29 is 9.28 Å². The molecular weight excluding hydrogens is 238 g/mol. The molecule has 4 nitrogen and oxygen atoms in total. The Labute approximate surface area is 115 Å². The summed E-state index contributed by atoms with van der Waals surface area (Å²) in [6.45, 7) is 2.35. The summed E-state index contributed by atoms with van der Waals surface area (Å²) in [7, 11) is 5.89. The zero-order chi connectivity index (χ0) is 14.3. The summed E-state index contributed by atoms with van der Waals surface area (Å²) < 4.78 is 0.584. The molecule has 0 aliphatic rings. The van der Waals surface area contributed by atoms with Gasteiger partial charge in [0.15, 0.2) is 6.54 Å². The molecule has 0 aliphatic carbocycles. The number of nitrogens with zero attached hydrogens (tertiary/aromatic N) is 2. The largest absolute Gasteiger partial charge is 0.323 e. The highest BCUT2D eigenvalue weighted by Crippen LogP contribution is 2.04. The number of carbonyl (C=O) groups is 1. The highest BCUT2D eigenvalue weighted by Gasteiger charge is 2.12. The number of carbonyl (C=O) groups excluding carboxylic acids is 1. The molecule has 0 radical (unpaired) electrons. The van der Waals surface area contributed by atoms with Crippen LogP contribution in [0.15, 0.2) is 41.0 Å². The van der Waals surface area contributed by atoms with Crippen LogP contribution in [0.4, 0.5) is 0 Å². The van der Waals surface area contributed by atoms with Crippen LogP contribution in [0.5, 0.6) is 0 Å². The normalized spacial score (nSPS) is 12.7. The van der Waals surface area contributed by atoms with Gasteiger partial charge >= 0.3 is 0 Å². The lowest BCUT2D eigenvalue weighted by Gasteiger charge is -2.21. The van der Waals surface area contributed by atoms with Crippen LogP contribution in [0, 0.1) is 0 Å². The molecule has 0 fully saturated rings. The second-order valence-corrected chi connectivity index (χ2v) is 5.54. The number of benzene rings is 1. The van der Waals surface area contributed by atoms with E-state index in [1.165, 1.54) is 0 Å². The van der Waals surface area contributed by atoms with E-state index in [0.29, 0.717) is 11.0 Å². The number of hydrogen-bond donors (Lipinski definition) is 1. The molecule has 0 bridgehead atoms. The monoisotopic (exact) mass is 260 g/mol. The Bertz CT molecular complexity index is 470. The lowest BCUT2D eigenvalue weighted by Crippen LogP contribution is -2.43. The molecule has 1 rings (SSSR count). The third-order valence-corrected chi connectivity index (χ3v) is 2.27. The first kappa shape index (κ1) is 15.1. The summed E-state index contributed by atoms with van der Waals surface area (Å²) in [6.07, 6.45) is 3.66. The predicted molar refractivity (Wildman–Crippen MR) is 79.6 cm³/mol. The minimum atomic E-state index is -0.0868. The fourth-order valence-electron chi connectivity index (χ4n) is 1.52. The Kier molecular flexibility index (Phi) is 5.45. The summed E-state index contributed by atoms with van der Waals surface area (Å²) >= 11 is 0. The third-order valence-electron chi connectivity index (χ3n) is 2.27. The number of allylic oxidation sites excluding steroid dienone is 1. The molecule has 1 aromatic carbocycles. The van der Waals surface area contributed by atoms with Gasteiger partial charge in [-0.15, -0.1) is 0 Å². The topological polar surface area (TPSA) is 41.5 Å². The molecule has 1 N–H and O–H groups in total. The van der Waals surface area contributed by atoms with Crippen LogP contribution >= 0.6 is 0 Å². The summed E-state index contributed by atoms with van der Waals surface area (Å²) in [6, 6.07) is 9.99. The molecule has 102 valence electrons. The summed E-state index contributed by atoms with van der Waals surface area (Å²) in [4.78, 5) is 11.5. The molecule has 0 atom stereocenters. The summed E-state index contributed by atoms with van der Waals surface area (Å²) in [5.41, 5.74) is 4.63. The highest BCUT2D eigenvalue weighted by molar-refractivity contribution is 5.86. The van der Waals surface area contributed by atoms with Crippen molar-refractivity contribution in [1.29, 1.82) is 0 Å². The van der Waals surface area contributed by atoms with Gasteiger partial charge in [-0.2, -0.15) is 5.10 Å². The van der Waals surface area contributed by atoms with E-state index < -0.39 is 0 Å². The molecule has 4 heteroatoms. The molecule has 1 aromatic rings. The quantitative estimate of drug-likeness (QED) is 0.490. The number of rotatable bonds is 5. The molecular formula is C15H22N3O+. The molecule has 0 saturated carbocycles. The predicted octanol–water partition coefficient (Wildman–Crippen LogP) is 1.90. The highest BCUT2D eigenvalue weighted by atomic mass is 16.2. The number of quaternary nitrogens is 1. The number of amides is 1. The Morgan fingerprint density at radius 3 is 2.47 bits per heavy atom. The van der Waals surface area contributed by atoms with E-state index in [2.05, 4.69) is 10.5 Å². The third kappa shape index (κ3) is 7.16. The maximum Gasteiger partial charge on any atom is 0.295 e. The molecule has 0 aromatic heterocycles. The van der Waals surface area contributed by atoms with Gasteiger partial charge in [0.2, 0.25) is 0 Å². The Balaban J connectivity index is 2.49. The van der Waals surface area contributed by atoms with E-state index in [4.69, 9.17) is 0 Å². The van der Waals surface area contributed by atoms with Gasteiger partial charge < -0.3 is 4.48 Å². The van der Waals surface area contributed by atoms with E-state index in [1.54, 1.807) is 6.21 Å². The fourth-order valence-corrected chi connectivity index (χ4v) is 1.52. The Hall–Kier alpha value is -1.94. The van der Waals surface area contributed by atoms with Gasteiger partial charge in [0.05, 0.1) is 27.4 Å². The maximum absolute atomic E-state index is 11.5. The molecule has 0 unspecified atom stereocenters. The van der Waals surface area contributed by atoms with Crippen molar-refractivity contribution in [2.75, 3.05) is 27.7 Å². The van der Waals surface area contributed by atoms with E-state index in [-0.39, 0.29) is 5.91 Å². The number of likely N-dealkylation sites (N-methyl/N-ethyl adjacent to an activating group) is 1. The number of nitrogens with one attached hydrogen (secondary N) is 1. The first-order valence-electron chi connectivity index (χ1n) is 6.22. The SMILES string of the molecule is CC(/C=N\NC(=O)C[N+](C)(C)C)=C\c1ccccc1. The van der Waals surface area contributed by atoms with Crippen molar-refractivity contribution in [1.82, 2.24) is 5.43 Å². The average Bonchev–Trinajstić information content (AvgIpc) is 2.27. The van der Waals surface area contributed by atoms with Crippen LogP contribution in [-0.4, -0.2) is 44.3 Å². The fraction of sp³-hybridized carbons (Fsp3) is 0.333. The first-order valence-corrected chi connectivity index (χ1v) is 6.22. The van der Waals surface area contributed by atoms with Crippen LogP contribution < -0.4 is 5.43 Å². The molecule has 0 saturated heterocycles. The molecule has 0 aliphatic heterocycles. The second-order valence-electron chi connectivity index (χ2n) is 5.54. The zero-order valence-electron chi connectivity index (χ0n) is 12.1. The van der Waals surface area contributed by atoms with Crippen molar-refractivity contribution in [3.05, 3.63) is 41.5 Å². The Morgan fingerprint density at radius 1 is 1.26 bits per heavy atom. The molecule has 0 spiro atoms. The lowest BCUT2D eigenvalue weighted by atomic mass is 10.1. The maximum atomic E-state index is 11.5. The van der Waals surface area contributed by atoms with Gasteiger partial charge in [-0.1, -0.05) is 36.4 Å². The van der Waals surface area contributed by atoms with Crippen molar-refractivity contribution >= 4 is 18.2 Å². The van der Waals surface area contributed by atoms with E-state index in [0.717, 1.165) is 11.1 Å². The van der Waals surface area contributed by atoms with Crippen molar-refractivity contribution in [2.45, 2.75) is 6.92 Å². The van der Waals surface area contributed by atoms with Crippen molar-refractivity contribution in [2.24, 2.45) is 5.10 Å². The van der Waals surface area contributed by atoms with Gasteiger partial charge in [0.25, 0.3) is 5.91 Å². The standard InChI is InChI=1S/C15H21N3O/c1-13(10-14-8-6-5-7-9-14)11-16-17-15(19)12-18(2,3)4/h5-11H,12H2,1-4H3/p+1/b13-10+,16-11-. The van der Waals surface area contributed by atoms with Gasteiger partial charge in [0, 0.05) is 0 Å².